The minimum atomic E-state index is -2.88. The third-order valence-electron chi connectivity index (χ3n) is 11.3. The fraction of sp³-hybridized carbons (Fsp3) is 0.354. The molecule has 59 heavy (non-hydrogen) atoms. The molecule has 0 saturated carbocycles. The van der Waals surface area contributed by atoms with Crippen LogP contribution in [0.15, 0.2) is 133 Å². The first-order valence-corrected chi connectivity index (χ1v) is 22.6. The number of carbonyl (C=O) groups is 5. The van der Waals surface area contributed by atoms with Gasteiger partial charge < -0.3 is 25.3 Å². The van der Waals surface area contributed by atoms with E-state index in [2.05, 4.69) is 61.0 Å². The lowest BCUT2D eigenvalue weighted by Crippen LogP contribution is -2.67. The number of allylic oxidation sites excluding steroid dienone is 2. The highest BCUT2D eigenvalue weighted by Gasteiger charge is 2.50. The first-order valence-electron chi connectivity index (χ1n) is 20.7. The predicted octanol–water partition coefficient (Wildman–Crippen LogP) is 4.80. The highest BCUT2D eigenvalue weighted by atomic mass is 28.4. The van der Waals surface area contributed by atoms with E-state index in [0.717, 1.165) is 21.5 Å². The van der Waals surface area contributed by atoms with E-state index in [4.69, 9.17) is 4.43 Å². The number of Topliss-reactive ketones (excluding diaryl/α,β-unsaturated/α-hetero) is 1. The van der Waals surface area contributed by atoms with E-state index in [1.165, 1.54) is 0 Å². The molecule has 0 bridgehead atoms. The number of amides is 4. The Labute approximate surface area is 348 Å². The summed E-state index contributed by atoms with van der Waals surface area (Å²) in [6, 6.07) is 35.5. The predicted molar refractivity (Wildman–Crippen MR) is 232 cm³/mol. The molecule has 2 fully saturated rings. The Hall–Kier alpha value is -5.65. The summed E-state index contributed by atoms with van der Waals surface area (Å²) in [5, 5.41) is 10.7. The van der Waals surface area contributed by atoms with Crippen LogP contribution in [0.1, 0.15) is 64.0 Å². The van der Waals surface area contributed by atoms with Gasteiger partial charge in [-0.2, -0.15) is 0 Å². The fourth-order valence-electron chi connectivity index (χ4n) is 8.30. The molecule has 0 spiro atoms. The molecule has 6 rings (SSSR count). The molecule has 2 aliphatic heterocycles. The van der Waals surface area contributed by atoms with Gasteiger partial charge in [-0.1, -0.05) is 154 Å². The summed E-state index contributed by atoms with van der Waals surface area (Å²) in [5.41, 5.74) is 1.70. The first kappa shape index (κ1) is 42.9. The molecule has 3 N–H and O–H groups in total. The summed E-state index contributed by atoms with van der Waals surface area (Å²) in [6.07, 6.45) is 5.87. The van der Waals surface area contributed by atoms with Crippen molar-refractivity contribution in [3.05, 3.63) is 145 Å². The van der Waals surface area contributed by atoms with Crippen molar-refractivity contribution in [2.24, 2.45) is 0 Å². The maximum absolute atomic E-state index is 14.1. The Morgan fingerprint density at radius 3 is 1.73 bits per heavy atom. The van der Waals surface area contributed by atoms with Gasteiger partial charge >= 0.3 is 0 Å². The second-order valence-electron chi connectivity index (χ2n) is 16.5. The number of carbonyl (C=O) groups excluding carboxylic acids is 5. The van der Waals surface area contributed by atoms with Crippen LogP contribution >= 0.6 is 0 Å². The molecule has 0 radical (unpaired) electrons. The number of hydrogen-bond donors (Lipinski definition) is 3. The molecule has 308 valence electrons. The Morgan fingerprint density at radius 1 is 0.678 bits per heavy atom. The summed E-state index contributed by atoms with van der Waals surface area (Å²) in [7, 11) is -2.88. The number of benzene rings is 4. The number of rotatable bonds is 14. The third-order valence-corrected chi connectivity index (χ3v) is 16.3. The van der Waals surface area contributed by atoms with Crippen LogP contribution in [0.5, 0.6) is 0 Å². The lowest BCUT2D eigenvalue weighted by Gasteiger charge is -2.42. The second-order valence-corrected chi connectivity index (χ2v) is 20.8. The lowest BCUT2D eigenvalue weighted by molar-refractivity contribution is -0.143. The van der Waals surface area contributed by atoms with Gasteiger partial charge in [-0.3, -0.25) is 24.0 Å². The first-order chi connectivity index (χ1) is 28.5. The van der Waals surface area contributed by atoms with Crippen LogP contribution in [0.4, 0.5) is 0 Å². The van der Waals surface area contributed by atoms with Crippen LogP contribution in [0, 0.1) is 0 Å². The number of nitrogens with zero attached hydrogens (tertiary/aromatic N) is 1. The Kier molecular flexibility index (Phi) is 14.5. The van der Waals surface area contributed by atoms with Crippen molar-refractivity contribution in [2.45, 2.75) is 94.9 Å². The van der Waals surface area contributed by atoms with Gasteiger partial charge in [0.15, 0.2) is 5.78 Å². The van der Waals surface area contributed by atoms with Gasteiger partial charge in [-0.05, 0) is 52.2 Å². The van der Waals surface area contributed by atoms with E-state index in [1.54, 1.807) is 11.0 Å². The van der Waals surface area contributed by atoms with Gasteiger partial charge in [0.25, 0.3) is 8.32 Å². The third kappa shape index (κ3) is 10.7. The van der Waals surface area contributed by atoms with Crippen molar-refractivity contribution in [3.63, 3.8) is 0 Å². The zero-order valence-electron chi connectivity index (χ0n) is 34.3. The van der Waals surface area contributed by atoms with Crippen molar-refractivity contribution >= 4 is 48.1 Å². The SMILES string of the molecule is CC(C)(C)[Si](OCC(=O)CC=CCC[C@@H]1NC(=O)[C@H]2CCCN2C(=O)[C@H](Cc2ccccc2)NC(=O)[C@H](Cc2ccccc2)NC1=O)(c1ccccc1)c1ccccc1. The minimum absolute atomic E-state index is 0.0492. The molecule has 2 aliphatic rings. The van der Waals surface area contributed by atoms with Crippen molar-refractivity contribution in [3.8, 4) is 0 Å². The molecule has 0 aliphatic carbocycles. The maximum Gasteiger partial charge on any atom is 0.261 e. The summed E-state index contributed by atoms with van der Waals surface area (Å²) < 4.78 is 6.81. The summed E-state index contributed by atoms with van der Waals surface area (Å²) >= 11 is 0. The number of ketones is 1. The zero-order valence-corrected chi connectivity index (χ0v) is 35.3. The average Bonchev–Trinajstić information content (AvgIpc) is 3.74. The van der Waals surface area contributed by atoms with Crippen LogP contribution in [0.25, 0.3) is 0 Å². The molecular formula is C48H56N4O6Si. The topological polar surface area (TPSA) is 134 Å². The van der Waals surface area contributed by atoms with Crippen LogP contribution in [0.3, 0.4) is 0 Å². The van der Waals surface area contributed by atoms with E-state index >= 15 is 0 Å². The van der Waals surface area contributed by atoms with Gasteiger partial charge in [0.05, 0.1) is 6.61 Å². The quantitative estimate of drug-likeness (QED) is 0.124. The molecule has 4 aromatic rings. The molecule has 2 saturated heterocycles. The van der Waals surface area contributed by atoms with Crippen LogP contribution < -0.4 is 26.3 Å². The standard InChI is InChI=1S/C48H56N4O6Si/c1-48(2,3)59(38-25-14-7-15-26-38,39-27-16-8-17-28-39)58-34-37(53)24-13-6-18-29-40-44(54)50-41(32-35-20-9-4-10-21-35)45(55)51-42(33-36-22-11-5-12-23-36)47(57)52-31-19-30-43(52)46(56)49-40/h4-17,20-23,25-28,40-43H,18-19,24,29-34H2,1-3H3,(H,49,56)(H,50,54)(H,51,55)/t40-,41-,42-,43+/m0/s1. The number of nitrogens with one attached hydrogen (secondary N) is 3. The van der Waals surface area contributed by atoms with Crippen molar-refractivity contribution < 1.29 is 28.4 Å². The maximum atomic E-state index is 14.1. The molecular weight excluding hydrogens is 757 g/mol. The molecule has 4 aromatic carbocycles. The molecule has 0 aromatic heterocycles. The van der Waals surface area contributed by atoms with Gasteiger partial charge in [0.1, 0.15) is 24.2 Å². The van der Waals surface area contributed by atoms with Gasteiger partial charge in [0, 0.05) is 25.8 Å². The van der Waals surface area contributed by atoms with Crippen LogP contribution in [-0.4, -0.2) is 79.9 Å². The highest BCUT2D eigenvalue weighted by Crippen LogP contribution is 2.36. The minimum Gasteiger partial charge on any atom is -0.400 e. The van der Waals surface area contributed by atoms with E-state index < -0.39 is 50.2 Å². The molecule has 2 heterocycles. The second kappa shape index (κ2) is 19.9. The monoisotopic (exact) mass is 812 g/mol. The van der Waals surface area contributed by atoms with Crippen molar-refractivity contribution in [1.29, 1.82) is 0 Å². The van der Waals surface area contributed by atoms with E-state index in [1.807, 2.05) is 103 Å². The number of fused-ring (bicyclic) bond motifs is 1. The van der Waals surface area contributed by atoms with Gasteiger partial charge in [-0.25, -0.2) is 0 Å². The molecule has 11 heteroatoms. The van der Waals surface area contributed by atoms with E-state index in [0.29, 0.717) is 25.8 Å². The molecule has 4 amide bonds. The Morgan fingerprint density at radius 2 is 1.17 bits per heavy atom. The Bertz CT molecular complexity index is 2030. The van der Waals surface area contributed by atoms with Crippen molar-refractivity contribution in [1.82, 2.24) is 20.9 Å². The largest absolute Gasteiger partial charge is 0.400 e. The van der Waals surface area contributed by atoms with E-state index in [9.17, 15) is 24.0 Å². The smallest absolute Gasteiger partial charge is 0.261 e. The normalized spacial score (nSPS) is 20.6. The Balaban J connectivity index is 1.15. The van der Waals surface area contributed by atoms with Crippen LogP contribution in [0.2, 0.25) is 5.04 Å². The average molecular weight is 813 g/mol. The highest BCUT2D eigenvalue weighted by molar-refractivity contribution is 6.99. The van der Waals surface area contributed by atoms with Gasteiger partial charge in [-0.15, -0.1) is 0 Å². The summed E-state index contributed by atoms with van der Waals surface area (Å²) in [6.45, 7) is 6.83. The summed E-state index contributed by atoms with van der Waals surface area (Å²) in [5.74, 6) is -1.77. The van der Waals surface area contributed by atoms with Crippen LogP contribution in [-0.2, 0) is 41.2 Å². The summed E-state index contributed by atoms with van der Waals surface area (Å²) in [4.78, 5) is 71.0. The zero-order chi connectivity index (χ0) is 41.8. The molecule has 4 atom stereocenters. The molecule has 10 nitrogen and oxygen atoms in total. The van der Waals surface area contributed by atoms with E-state index in [-0.39, 0.29) is 49.0 Å². The van der Waals surface area contributed by atoms with Gasteiger partial charge in [0.2, 0.25) is 23.6 Å². The number of hydrogen-bond acceptors (Lipinski definition) is 6. The molecule has 0 unspecified atom stereocenters. The lowest BCUT2D eigenvalue weighted by atomic mass is 10.0. The van der Waals surface area contributed by atoms with Crippen molar-refractivity contribution in [2.75, 3.05) is 13.2 Å². The fourth-order valence-corrected chi connectivity index (χ4v) is 12.8.